The second kappa shape index (κ2) is 7.27. The van der Waals surface area contributed by atoms with Crippen LogP contribution in [0.1, 0.15) is 22.8 Å². The Balaban J connectivity index is 1.71. The number of carbonyl (C=O) groups excluding carboxylic acids is 2. The quantitative estimate of drug-likeness (QED) is 0.697. The summed E-state index contributed by atoms with van der Waals surface area (Å²) in [5.74, 6) is -1.35. The van der Waals surface area contributed by atoms with E-state index in [1.165, 1.54) is 13.0 Å². The molecule has 0 radical (unpaired) electrons. The maximum atomic E-state index is 12.4. The zero-order valence-electron chi connectivity index (χ0n) is 14.5. The number of aryl methyl sites for hydroxylation is 1. The Hall–Kier alpha value is -3.34. The van der Waals surface area contributed by atoms with Gasteiger partial charge in [-0.2, -0.15) is 0 Å². The largest absolute Gasteiger partial charge is 0.506 e. The van der Waals surface area contributed by atoms with Gasteiger partial charge in [-0.25, -0.2) is 4.79 Å². The lowest BCUT2D eigenvalue weighted by Gasteiger charge is -2.14. The predicted molar refractivity (Wildman–Crippen MR) is 100 cm³/mol. The van der Waals surface area contributed by atoms with Gasteiger partial charge in [-0.15, -0.1) is 0 Å². The summed E-state index contributed by atoms with van der Waals surface area (Å²) in [6.07, 6.45) is -1.00. The molecule has 2 N–H and O–H groups in total. The molecular formula is C21H19NO4. The molecular weight excluding hydrogens is 330 g/mol. The fourth-order valence-electron chi connectivity index (χ4n) is 2.58. The number of fused-ring (bicyclic) bond motifs is 1. The number of phenols is 1. The number of benzene rings is 3. The number of carbonyl (C=O) groups is 2. The minimum absolute atomic E-state index is 0.0266. The van der Waals surface area contributed by atoms with Crippen LogP contribution < -0.4 is 5.32 Å². The van der Waals surface area contributed by atoms with E-state index in [4.69, 9.17) is 4.74 Å². The Bertz CT molecular complexity index is 963. The highest BCUT2D eigenvalue weighted by Crippen LogP contribution is 2.29. The third-order valence-electron chi connectivity index (χ3n) is 4.09. The molecule has 0 saturated heterocycles. The molecule has 3 aromatic rings. The van der Waals surface area contributed by atoms with Crippen LogP contribution in [0.5, 0.6) is 5.75 Å². The van der Waals surface area contributed by atoms with Crippen molar-refractivity contribution < 1.29 is 19.4 Å². The van der Waals surface area contributed by atoms with Gasteiger partial charge in [0.25, 0.3) is 5.91 Å². The molecule has 3 aromatic carbocycles. The molecule has 0 heterocycles. The number of nitrogens with one attached hydrogen (secondary N) is 1. The normalized spacial score (nSPS) is 11.8. The first-order chi connectivity index (χ1) is 12.5. The van der Waals surface area contributed by atoms with Gasteiger partial charge in [0.05, 0.1) is 0 Å². The summed E-state index contributed by atoms with van der Waals surface area (Å²) in [7, 11) is 0. The molecule has 0 spiro atoms. The molecule has 0 fully saturated rings. The molecule has 26 heavy (non-hydrogen) atoms. The SMILES string of the molecule is Cc1ccc(NC(=O)[C@H](C)OC(=O)c2ccc3ccccc3c2O)cc1. The van der Waals surface area contributed by atoms with Gasteiger partial charge in [0.15, 0.2) is 6.10 Å². The third-order valence-corrected chi connectivity index (χ3v) is 4.09. The number of aromatic hydroxyl groups is 1. The van der Waals surface area contributed by atoms with Crippen molar-refractivity contribution in [2.24, 2.45) is 0 Å². The Labute approximate surface area is 151 Å². The smallest absolute Gasteiger partial charge is 0.342 e. The average Bonchev–Trinajstić information content (AvgIpc) is 2.64. The lowest BCUT2D eigenvalue weighted by Crippen LogP contribution is -2.30. The number of rotatable bonds is 4. The van der Waals surface area contributed by atoms with E-state index >= 15 is 0 Å². The van der Waals surface area contributed by atoms with Gasteiger partial charge in [-0.05, 0) is 37.4 Å². The van der Waals surface area contributed by atoms with Gasteiger partial charge in [0, 0.05) is 11.1 Å². The molecule has 0 unspecified atom stereocenters. The van der Waals surface area contributed by atoms with Gasteiger partial charge < -0.3 is 15.2 Å². The minimum atomic E-state index is -1.00. The monoisotopic (exact) mass is 349 g/mol. The van der Waals surface area contributed by atoms with Crippen LogP contribution in [0.4, 0.5) is 5.69 Å². The number of anilines is 1. The van der Waals surface area contributed by atoms with E-state index in [0.717, 1.165) is 10.9 Å². The maximum Gasteiger partial charge on any atom is 0.342 e. The Morgan fingerprint density at radius 2 is 1.69 bits per heavy atom. The number of hydrogen-bond acceptors (Lipinski definition) is 4. The first-order valence-electron chi connectivity index (χ1n) is 8.25. The molecule has 0 aliphatic heterocycles. The molecule has 5 heteroatoms. The summed E-state index contributed by atoms with van der Waals surface area (Å²) in [6, 6.07) is 17.7. The second-order valence-electron chi connectivity index (χ2n) is 6.09. The molecule has 0 aliphatic carbocycles. The van der Waals surface area contributed by atoms with Crippen LogP contribution in [0, 0.1) is 6.92 Å². The fraction of sp³-hybridized carbons (Fsp3) is 0.143. The van der Waals surface area contributed by atoms with E-state index < -0.39 is 18.0 Å². The van der Waals surface area contributed by atoms with E-state index in [-0.39, 0.29) is 11.3 Å². The highest BCUT2D eigenvalue weighted by Gasteiger charge is 2.22. The van der Waals surface area contributed by atoms with Gasteiger partial charge in [-0.3, -0.25) is 4.79 Å². The molecule has 132 valence electrons. The number of phenolic OH excluding ortho intramolecular Hbond substituents is 1. The first kappa shape index (κ1) is 17.5. The summed E-state index contributed by atoms with van der Waals surface area (Å²) in [5, 5.41) is 14.4. The van der Waals surface area contributed by atoms with Crippen molar-refractivity contribution >= 4 is 28.3 Å². The lowest BCUT2D eigenvalue weighted by molar-refractivity contribution is -0.123. The van der Waals surface area contributed by atoms with Gasteiger partial charge in [0.2, 0.25) is 0 Å². The van der Waals surface area contributed by atoms with Crippen LogP contribution in [0.2, 0.25) is 0 Å². The van der Waals surface area contributed by atoms with Gasteiger partial charge in [-0.1, -0.05) is 48.0 Å². The molecule has 1 atom stereocenters. The second-order valence-corrected chi connectivity index (χ2v) is 6.09. The topological polar surface area (TPSA) is 75.6 Å². The van der Waals surface area contributed by atoms with Gasteiger partial charge >= 0.3 is 5.97 Å². The predicted octanol–water partition coefficient (Wildman–Crippen LogP) is 4.04. The van der Waals surface area contributed by atoms with Crippen molar-refractivity contribution in [2.45, 2.75) is 20.0 Å². The zero-order chi connectivity index (χ0) is 18.7. The van der Waals surface area contributed by atoms with Crippen molar-refractivity contribution in [3.63, 3.8) is 0 Å². The van der Waals surface area contributed by atoms with Gasteiger partial charge in [0.1, 0.15) is 11.3 Å². The Kier molecular flexibility index (Phi) is 4.89. The summed E-state index contributed by atoms with van der Waals surface area (Å²) in [4.78, 5) is 24.6. The van der Waals surface area contributed by atoms with Crippen LogP contribution >= 0.6 is 0 Å². The Morgan fingerprint density at radius 3 is 2.42 bits per heavy atom. The van der Waals surface area contributed by atoms with Crippen LogP contribution in [0.3, 0.4) is 0 Å². The molecule has 0 saturated carbocycles. The van der Waals surface area contributed by atoms with Crippen LogP contribution in [0.25, 0.3) is 10.8 Å². The van der Waals surface area contributed by atoms with Crippen LogP contribution in [0.15, 0.2) is 60.7 Å². The summed E-state index contributed by atoms with van der Waals surface area (Å²) in [5.41, 5.74) is 1.73. The standard InChI is InChI=1S/C21H19NO4/c1-13-7-10-16(11-8-13)22-20(24)14(2)26-21(25)18-12-9-15-5-3-4-6-17(15)19(18)23/h3-12,14,23H,1-2H3,(H,22,24)/t14-/m0/s1. The van der Waals surface area contributed by atoms with E-state index in [1.54, 1.807) is 30.3 Å². The molecule has 0 aliphatic rings. The summed E-state index contributed by atoms with van der Waals surface area (Å²) in [6.45, 7) is 3.44. The number of esters is 1. The summed E-state index contributed by atoms with van der Waals surface area (Å²) < 4.78 is 5.21. The highest BCUT2D eigenvalue weighted by atomic mass is 16.5. The van der Waals surface area contributed by atoms with Crippen molar-refractivity contribution in [3.8, 4) is 5.75 Å². The van der Waals surface area contributed by atoms with Crippen molar-refractivity contribution in [2.75, 3.05) is 5.32 Å². The first-order valence-corrected chi connectivity index (χ1v) is 8.25. The molecule has 5 nitrogen and oxygen atoms in total. The molecule has 0 aromatic heterocycles. The zero-order valence-corrected chi connectivity index (χ0v) is 14.5. The van der Waals surface area contributed by atoms with Crippen LogP contribution in [-0.4, -0.2) is 23.1 Å². The minimum Gasteiger partial charge on any atom is -0.506 e. The van der Waals surface area contributed by atoms with E-state index in [0.29, 0.717) is 11.1 Å². The Morgan fingerprint density at radius 1 is 1.00 bits per heavy atom. The van der Waals surface area contributed by atoms with E-state index in [2.05, 4.69) is 5.32 Å². The molecule has 0 bridgehead atoms. The maximum absolute atomic E-state index is 12.4. The lowest BCUT2D eigenvalue weighted by atomic mass is 10.1. The van der Waals surface area contributed by atoms with Crippen molar-refractivity contribution in [3.05, 3.63) is 71.8 Å². The van der Waals surface area contributed by atoms with Crippen molar-refractivity contribution in [1.29, 1.82) is 0 Å². The summed E-state index contributed by atoms with van der Waals surface area (Å²) >= 11 is 0. The van der Waals surface area contributed by atoms with E-state index in [9.17, 15) is 14.7 Å². The fourth-order valence-corrected chi connectivity index (χ4v) is 2.58. The number of hydrogen-bond donors (Lipinski definition) is 2. The highest BCUT2D eigenvalue weighted by molar-refractivity contribution is 6.02. The van der Waals surface area contributed by atoms with Crippen molar-refractivity contribution in [1.82, 2.24) is 0 Å². The number of amides is 1. The van der Waals surface area contributed by atoms with E-state index in [1.807, 2.05) is 31.2 Å². The van der Waals surface area contributed by atoms with Crippen LogP contribution in [-0.2, 0) is 9.53 Å². The molecule has 1 amide bonds. The average molecular weight is 349 g/mol. The number of ether oxygens (including phenoxy) is 1. The molecule has 3 rings (SSSR count). The third kappa shape index (κ3) is 3.67.